The van der Waals surface area contributed by atoms with Crippen molar-refractivity contribution in [1.29, 1.82) is 5.41 Å². The van der Waals surface area contributed by atoms with Gasteiger partial charge in [-0.1, -0.05) is 62.4 Å². The van der Waals surface area contributed by atoms with Gasteiger partial charge in [-0.2, -0.15) is 0 Å². The Bertz CT molecular complexity index is 553. The van der Waals surface area contributed by atoms with Crippen molar-refractivity contribution in [3.63, 3.8) is 0 Å². The Morgan fingerprint density at radius 2 is 1.47 bits per heavy atom. The third-order valence-corrected chi connectivity index (χ3v) is 3.62. The lowest BCUT2D eigenvalue weighted by molar-refractivity contribution is 0.734. The minimum Gasteiger partial charge on any atom is -0.384 e. The number of benzene rings is 2. The van der Waals surface area contributed by atoms with E-state index in [-0.39, 0.29) is 5.84 Å². The fourth-order valence-electron chi connectivity index (χ4n) is 2.08. The van der Waals surface area contributed by atoms with Gasteiger partial charge in [0.2, 0.25) is 0 Å². The van der Waals surface area contributed by atoms with Crippen molar-refractivity contribution in [2.24, 2.45) is 5.73 Å². The number of nitrogens with one attached hydrogen (secondary N) is 1. The van der Waals surface area contributed by atoms with Gasteiger partial charge in [-0.15, -0.1) is 0 Å². The van der Waals surface area contributed by atoms with Crippen molar-refractivity contribution in [2.75, 3.05) is 0 Å². The number of nitrogens with two attached hydrogens (primary N) is 1. The van der Waals surface area contributed by atoms with Crippen LogP contribution in [0.25, 0.3) is 11.1 Å². The standard InChI is InChI=1S/C17H20N2/c1-3-12(2)13-4-6-14(7-5-13)15-8-10-16(11-9-15)17(18)19/h4-12H,3H2,1-2H3,(H3,18,19). The molecule has 0 saturated carbocycles. The molecule has 0 amide bonds. The van der Waals surface area contributed by atoms with E-state index in [1.807, 2.05) is 24.3 Å². The Morgan fingerprint density at radius 1 is 1.00 bits per heavy atom. The average Bonchev–Trinajstić information content (AvgIpc) is 2.46. The number of rotatable bonds is 4. The molecule has 1 atom stereocenters. The van der Waals surface area contributed by atoms with E-state index in [9.17, 15) is 0 Å². The lowest BCUT2D eigenvalue weighted by atomic mass is 9.95. The molecule has 0 saturated heterocycles. The van der Waals surface area contributed by atoms with E-state index in [2.05, 4.69) is 38.1 Å². The molecule has 0 aliphatic carbocycles. The van der Waals surface area contributed by atoms with Crippen LogP contribution in [-0.4, -0.2) is 5.84 Å². The van der Waals surface area contributed by atoms with Gasteiger partial charge in [0, 0.05) is 5.56 Å². The predicted molar refractivity (Wildman–Crippen MR) is 81.6 cm³/mol. The van der Waals surface area contributed by atoms with E-state index >= 15 is 0 Å². The molecule has 0 heterocycles. The van der Waals surface area contributed by atoms with Crippen LogP contribution in [0.3, 0.4) is 0 Å². The topological polar surface area (TPSA) is 49.9 Å². The van der Waals surface area contributed by atoms with Crippen LogP contribution in [0.5, 0.6) is 0 Å². The second-order valence-electron chi connectivity index (χ2n) is 4.92. The van der Waals surface area contributed by atoms with Crippen LogP contribution in [-0.2, 0) is 0 Å². The van der Waals surface area contributed by atoms with Crippen molar-refractivity contribution in [3.05, 3.63) is 59.7 Å². The molecular weight excluding hydrogens is 232 g/mol. The first kappa shape index (κ1) is 13.3. The van der Waals surface area contributed by atoms with Crippen molar-refractivity contribution in [1.82, 2.24) is 0 Å². The van der Waals surface area contributed by atoms with E-state index in [0.717, 1.165) is 17.5 Å². The summed E-state index contributed by atoms with van der Waals surface area (Å²) < 4.78 is 0. The Balaban J connectivity index is 2.24. The SMILES string of the molecule is CCC(C)c1ccc(-c2ccc(C(=N)N)cc2)cc1. The van der Waals surface area contributed by atoms with Crippen LogP contribution in [0.4, 0.5) is 0 Å². The Kier molecular flexibility index (Phi) is 4.00. The zero-order chi connectivity index (χ0) is 13.8. The van der Waals surface area contributed by atoms with E-state index in [0.29, 0.717) is 5.92 Å². The van der Waals surface area contributed by atoms with Crippen molar-refractivity contribution in [2.45, 2.75) is 26.2 Å². The molecule has 2 heteroatoms. The average molecular weight is 252 g/mol. The maximum atomic E-state index is 7.38. The van der Waals surface area contributed by atoms with Crippen LogP contribution in [0.15, 0.2) is 48.5 Å². The van der Waals surface area contributed by atoms with Crippen LogP contribution in [0.1, 0.15) is 37.3 Å². The summed E-state index contributed by atoms with van der Waals surface area (Å²) >= 11 is 0. The molecule has 2 rings (SSSR count). The number of nitrogen functional groups attached to an aromatic ring is 1. The molecule has 19 heavy (non-hydrogen) atoms. The van der Waals surface area contributed by atoms with Gasteiger partial charge in [0.15, 0.2) is 0 Å². The van der Waals surface area contributed by atoms with Crippen molar-refractivity contribution in [3.8, 4) is 11.1 Å². The van der Waals surface area contributed by atoms with E-state index in [1.165, 1.54) is 11.1 Å². The minimum absolute atomic E-state index is 0.110. The molecule has 2 nitrogen and oxygen atoms in total. The van der Waals surface area contributed by atoms with Gasteiger partial charge < -0.3 is 5.73 Å². The first-order valence-electron chi connectivity index (χ1n) is 6.66. The molecular formula is C17H20N2. The van der Waals surface area contributed by atoms with E-state index < -0.39 is 0 Å². The fraction of sp³-hybridized carbons (Fsp3) is 0.235. The highest BCUT2D eigenvalue weighted by Gasteiger charge is 2.04. The molecule has 0 aliphatic heterocycles. The monoisotopic (exact) mass is 252 g/mol. The van der Waals surface area contributed by atoms with Gasteiger partial charge in [0.1, 0.15) is 5.84 Å². The molecule has 2 aromatic rings. The molecule has 0 aromatic heterocycles. The molecule has 3 N–H and O–H groups in total. The first-order valence-corrected chi connectivity index (χ1v) is 6.66. The highest BCUT2D eigenvalue weighted by Crippen LogP contribution is 2.24. The molecule has 0 bridgehead atoms. The minimum atomic E-state index is 0.110. The quantitative estimate of drug-likeness (QED) is 0.623. The summed E-state index contributed by atoms with van der Waals surface area (Å²) in [5.74, 6) is 0.716. The molecule has 0 fully saturated rings. The number of hydrogen-bond acceptors (Lipinski definition) is 1. The smallest absolute Gasteiger partial charge is 0.122 e. The van der Waals surface area contributed by atoms with Gasteiger partial charge in [0.25, 0.3) is 0 Å². The number of hydrogen-bond donors (Lipinski definition) is 2. The highest BCUT2D eigenvalue weighted by molar-refractivity contribution is 5.95. The third-order valence-electron chi connectivity index (χ3n) is 3.62. The van der Waals surface area contributed by atoms with Gasteiger partial charge in [-0.05, 0) is 29.0 Å². The lowest BCUT2D eigenvalue weighted by Gasteiger charge is -2.10. The van der Waals surface area contributed by atoms with Crippen molar-refractivity contribution < 1.29 is 0 Å². The normalized spacial score (nSPS) is 12.1. The maximum Gasteiger partial charge on any atom is 0.122 e. The summed E-state index contributed by atoms with van der Waals surface area (Å²) in [6.07, 6.45) is 1.16. The highest BCUT2D eigenvalue weighted by atomic mass is 14.7. The third kappa shape index (κ3) is 3.02. The van der Waals surface area contributed by atoms with E-state index in [1.54, 1.807) is 0 Å². The summed E-state index contributed by atoms with van der Waals surface area (Å²) in [4.78, 5) is 0. The first-order chi connectivity index (χ1) is 9.11. The van der Waals surface area contributed by atoms with Gasteiger partial charge in [0.05, 0.1) is 0 Å². The summed E-state index contributed by atoms with van der Waals surface area (Å²) in [6.45, 7) is 4.45. The van der Waals surface area contributed by atoms with Crippen LogP contribution >= 0.6 is 0 Å². The molecule has 1 unspecified atom stereocenters. The Morgan fingerprint density at radius 3 is 1.89 bits per heavy atom. The Labute approximate surface area is 114 Å². The summed E-state index contributed by atoms with van der Waals surface area (Å²) in [5, 5.41) is 7.38. The summed E-state index contributed by atoms with van der Waals surface area (Å²) in [7, 11) is 0. The number of amidine groups is 1. The predicted octanol–water partition coefficient (Wildman–Crippen LogP) is 4.15. The van der Waals surface area contributed by atoms with Gasteiger partial charge in [-0.25, -0.2) is 0 Å². The van der Waals surface area contributed by atoms with Crippen LogP contribution in [0, 0.1) is 5.41 Å². The summed E-state index contributed by atoms with van der Waals surface area (Å²) in [5.41, 5.74) is 9.95. The molecule has 0 radical (unpaired) electrons. The zero-order valence-electron chi connectivity index (χ0n) is 11.5. The zero-order valence-corrected chi connectivity index (χ0v) is 11.5. The fourth-order valence-corrected chi connectivity index (χ4v) is 2.08. The van der Waals surface area contributed by atoms with Crippen LogP contribution < -0.4 is 5.73 Å². The second-order valence-corrected chi connectivity index (χ2v) is 4.92. The van der Waals surface area contributed by atoms with Crippen LogP contribution in [0.2, 0.25) is 0 Å². The molecule has 0 spiro atoms. The molecule has 2 aromatic carbocycles. The van der Waals surface area contributed by atoms with Gasteiger partial charge >= 0.3 is 0 Å². The summed E-state index contributed by atoms with van der Waals surface area (Å²) in [6, 6.07) is 16.5. The van der Waals surface area contributed by atoms with Crippen molar-refractivity contribution >= 4 is 5.84 Å². The Hall–Kier alpha value is -2.09. The lowest BCUT2D eigenvalue weighted by Crippen LogP contribution is -2.10. The van der Waals surface area contributed by atoms with E-state index in [4.69, 9.17) is 11.1 Å². The largest absolute Gasteiger partial charge is 0.384 e. The second kappa shape index (κ2) is 5.70. The maximum absolute atomic E-state index is 7.38. The van der Waals surface area contributed by atoms with Gasteiger partial charge in [-0.3, -0.25) is 5.41 Å². The molecule has 98 valence electrons. The molecule has 0 aliphatic rings.